The van der Waals surface area contributed by atoms with E-state index in [1.165, 1.54) is 19.2 Å². The Kier molecular flexibility index (Phi) is 10.7. The molecule has 11 heteroatoms. The van der Waals surface area contributed by atoms with E-state index in [0.29, 0.717) is 5.56 Å². The summed E-state index contributed by atoms with van der Waals surface area (Å²) >= 11 is 0. The third-order valence-electron chi connectivity index (χ3n) is 3.70. The lowest BCUT2D eigenvalue weighted by Gasteiger charge is -2.17. The molecule has 1 aromatic carbocycles. The highest BCUT2D eigenvalue weighted by atomic mass is 16.7. The first kappa shape index (κ1) is 24.7. The van der Waals surface area contributed by atoms with Crippen LogP contribution in [0.25, 0.3) is 0 Å². The lowest BCUT2D eigenvalue weighted by molar-refractivity contribution is -0.143. The fourth-order valence-electron chi connectivity index (χ4n) is 2.22. The van der Waals surface area contributed by atoms with Crippen LogP contribution in [0, 0.1) is 0 Å². The molecule has 1 aromatic rings. The van der Waals surface area contributed by atoms with Crippen LogP contribution in [-0.4, -0.2) is 64.8 Å². The van der Waals surface area contributed by atoms with Gasteiger partial charge in [0.2, 0.25) is 0 Å². The smallest absolute Gasteiger partial charge is 0.468 e. The third-order valence-corrected chi connectivity index (χ3v) is 3.70. The molecule has 1 rings (SSSR count). The van der Waals surface area contributed by atoms with Crippen LogP contribution in [0.5, 0.6) is 11.5 Å². The first-order chi connectivity index (χ1) is 14.3. The quantitative estimate of drug-likeness (QED) is 0.252. The van der Waals surface area contributed by atoms with Gasteiger partial charge in [0, 0.05) is 13.0 Å². The second kappa shape index (κ2) is 13.0. The van der Waals surface area contributed by atoms with Crippen molar-refractivity contribution < 1.29 is 47.6 Å². The molecule has 0 fully saturated rings. The Labute approximate surface area is 173 Å². The van der Waals surface area contributed by atoms with Gasteiger partial charge in [-0.15, -0.1) is 0 Å². The van der Waals surface area contributed by atoms with Gasteiger partial charge < -0.3 is 33.7 Å². The molecule has 0 aliphatic heterocycles. The Morgan fingerprint density at radius 3 is 2.13 bits per heavy atom. The van der Waals surface area contributed by atoms with E-state index in [2.05, 4.69) is 14.8 Å². The van der Waals surface area contributed by atoms with Gasteiger partial charge >= 0.3 is 24.2 Å². The molecule has 0 unspecified atom stereocenters. The first-order valence-corrected chi connectivity index (χ1v) is 8.95. The van der Waals surface area contributed by atoms with Crippen molar-refractivity contribution in [1.29, 1.82) is 0 Å². The summed E-state index contributed by atoms with van der Waals surface area (Å²) < 4.78 is 28.5. The Bertz CT molecular complexity index is 749. The van der Waals surface area contributed by atoms with Crippen molar-refractivity contribution in [1.82, 2.24) is 5.32 Å². The summed E-state index contributed by atoms with van der Waals surface area (Å²) in [4.78, 5) is 46.1. The van der Waals surface area contributed by atoms with Gasteiger partial charge in [-0.25, -0.2) is 9.59 Å². The highest BCUT2D eigenvalue weighted by Crippen LogP contribution is 2.30. The van der Waals surface area contributed by atoms with Crippen LogP contribution in [0.3, 0.4) is 0 Å². The maximum absolute atomic E-state index is 12.1. The number of benzene rings is 1. The van der Waals surface area contributed by atoms with Crippen LogP contribution in [-0.2, 0) is 35.0 Å². The van der Waals surface area contributed by atoms with E-state index >= 15 is 0 Å². The van der Waals surface area contributed by atoms with E-state index in [-0.39, 0.29) is 43.5 Å². The van der Waals surface area contributed by atoms with Crippen molar-refractivity contribution >= 4 is 24.2 Å². The maximum atomic E-state index is 12.1. The fourth-order valence-corrected chi connectivity index (χ4v) is 2.22. The lowest BCUT2D eigenvalue weighted by Crippen LogP contribution is -2.41. The van der Waals surface area contributed by atoms with Gasteiger partial charge in [0.15, 0.2) is 11.5 Å². The summed E-state index contributed by atoms with van der Waals surface area (Å²) in [6.45, 7) is 1.98. The number of ether oxygens (including phenoxy) is 6. The zero-order chi connectivity index (χ0) is 22.5. The van der Waals surface area contributed by atoms with Crippen LogP contribution in [0.2, 0.25) is 0 Å². The normalized spacial score (nSPS) is 11.1. The number of carbonyl (C=O) groups is 4. The molecule has 30 heavy (non-hydrogen) atoms. The van der Waals surface area contributed by atoms with Crippen LogP contribution < -0.4 is 14.8 Å². The third kappa shape index (κ3) is 8.35. The van der Waals surface area contributed by atoms with Crippen molar-refractivity contribution in [3.63, 3.8) is 0 Å². The fraction of sp³-hybridized carbons (Fsp3) is 0.474. The number of hydrogen-bond acceptors (Lipinski definition) is 11. The van der Waals surface area contributed by atoms with Crippen molar-refractivity contribution in [3.05, 3.63) is 23.8 Å². The second-order valence-electron chi connectivity index (χ2n) is 5.70. The first-order valence-electron chi connectivity index (χ1n) is 8.95. The molecule has 0 spiro atoms. The second-order valence-corrected chi connectivity index (χ2v) is 5.70. The van der Waals surface area contributed by atoms with Crippen LogP contribution in [0.4, 0.5) is 9.59 Å². The topological polar surface area (TPSA) is 136 Å². The highest BCUT2D eigenvalue weighted by molar-refractivity contribution is 5.76. The van der Waals surface area contributed by atoms with Crippen LogP contribution in [0.1, 0.15) is 18.9 Å². The largest absolute Gasteiger partial charge is 0.513 e. The predicted octanol–water partition coefficient (Wildman–Crippen LogP) is 1.60. The lowest BCUT2D eigenvalue weighted by atomic mass is 10.1. The molecule has 0 bridgehead atoms. The Balaban J connectivity index is 2.94. The molecule has 0 saturated carbocycles. The van der Waals surface area contributed by atoms with E-state index in [9.17, 15) is 19.2 Å². The number of methoxy groups -OCH3 is 3. The SMILES string of the molecule is CCC(=O)OCCN[C@@H](Cc1ccc(OC(=O)OC)c(OC(=O)OC)c1)C(=O)OC. The van der Waals surface area contributed by atoms with Crippen molar-refractivity contribution in [3.8, 4) is 11.5 Å². The zero-order valence-corrected chi connectivity index (χ0v) is 17.2. The van der Waals surface area contributed by atoms with Crippen molar-refractivity contribution in [2.24, 2.45) is 0 Å². The van der Waals surface area contributed by atoms with Crippen molar-refractivity contribution in [2.45, 2.75) is 25.8 Å². The summed E-state index contributed by atoms with van der Waals surface area (Å²) in [5.74, 6) is -1.07. The van der Waals surface area contributed by atoms with Gasteiger partial charge in [-0.1, -0.05) is 13.0 Å². The number of esters is 2. The van der Waals surface area contributed by atoms with Crippen molar-refractivity contribution in [2.75, 3.05) is 34.5 Å². The minimum absolute atomic E-state index is 0.0787. The molecule has 0 aliphatic rings. The standard InChI is InChI=1S/C19H25NO10/c1-5-16(21)28-9-8-20-13(17(22)25-2)10-12-6-7-14(29-18(23)26-3)15(11-12)30-19(24)27-4/h6-7,11,13,20H,5,8-10H2,1-4H3/t13-/m0/s1. The minimum atomic E-state index is -1.03. The Hall–Kier alpha value is -3.34. The minimum Gasteiger partial charge on any atom is -0.468 e. The van der Waals surface area contributed by atoms with E-state index in [0.717, 1.165) is 14.2 Å². The molecule has 0 saturated heterocycles. The molecule has 0 radical (unpaired) electrons. The van der Waals surface area contributed by atoms with Gasteiger partial charge in [0.1, 0.15) is 12.6 Å². The van der Waals surface area contributed by atoms with E-state index in [4.69, 9.17) is 18.9 Å². The van der Waals surface area contributed by atoms with Gasteiger partial charge in [-0.05, 0) is 24.1 Å². The zero-order valence-electron chi connectivity index (χ0n) is 17.2. The molecule has 166 valence electrons. The number of carbonyl (C=O) groups excluding carboxylic acids is 4. The summed E-state index contributed by atoms with van der Waals surface area (Å²) in [6.07, 6.45) is -1.64. The average molecular weight is 427 g/mol. The molecule has 11 nitrogen and oxygen atoms in total. The summed E-state index contributed by atoms with van der Waals surface area (Å²) in [5.41, 5.74) is 0.555. The number of nitrogens with one attached hydrogen (secondary N) is 1. The van der Waals surface area contributed by atoms with E-state index in [1.54, 1.807) is 13.0 Å². The highest BCUT2D eigenvalue weighted by Gasteiger charge is 2.21. The molecular formula is C19H25NO10. The summed E-state index contributed by atoms with van der Waals surface area (Å²) in [7, 11) is 3.49. The van der Waals surface area contributed by atoms with E-state index in [1.807, 2.05) is 0 Å². The van der Waals surface area contributed by atoms with Crippen LogP contribution in [0.15, 0.2) is 18.2 Å². The molecule has 0 amide bonds. The summed E-state index contributed by atoms with van der Waals surface area (Å²) in [5, 5.41) is 2.94. The number of hydrogen-bond donors (Lipinski definition) is 1. The van der Waals surface area contributed by atoms with Crippen LogP contribution >= 0.6 is 0 Å². The Morgan fingerprint density at radius 2 is 1.57 bits per heavy atom. The molecular weight excluding hydrogens is 402 g/mol. The molecule has 1 N–H and O–H groups in total. The molecule has 0 heterocycles. The molecule has 0 aliphatic carbocycles. The van der Waals surface area contributed by atoms with Gasteiger partial charge in [-0.2, -0.15) is 0 Å². The van der Waals surface area contributed by atoms with Gasteiger partial charge in [-0.3, -0.25) is 9.59 Å². The predicted molar refractivity (Wildman–Crippen MR) is 101 cm³/mol. The summed E-state index contributed by atoms with van der Waals surface area (Å²) in [6, 6.07) is 3.58. The van der Waals surface area contributed by atoms with Gasteiger partial charge in [0.05, 0.1) is 21.3 Å². The van der Waals surface area contributed by atoms with Gasteiger partial charge in [0.25, 0.3) is 0 Å². The number of rotatable bonds is 10. The average Bonchev–Trinajstić information content (AvgIpc) is 2.76. The maximum Gasteiger partial charge on any atom is 0.513 e. The molecule has 1 atom stereocenters. The monoisotopic (exact) mass is 427 g/mol. The molecule has 0 aromatic heterocycles. The van der Waals surface area contributed by atoms with E-state index < -0.39 is 24.3 Å². The Morgan fingerprint density at radius 1 is 0.933 bits per heavy atom.